The van der Waals surface area contributed by atoms with E-state index in [0.717, 1.165) is 11.1 Å². The molecule has 4 nitrogen and oxygen atoms in total. The first-order valence-corrected chi connectivity index (χ1v) is 9.19. The molecule has 0 radical (unpaired) electrons. The first kappa shape index (κ1) is 17.8. The van der Waals surface area contributed by atoms with Crippen LogP contribution < -0.4 is 0 Å². The SMILES string of the molecule is COC(=O)[C@@H]1[C@H](c2ccccc2)[C@@]2(c3ccccc3)C(C)(C)[C@@]12C(=O)OC. The van der Waals surface area contributed by atoms with Crippen LogP contribution in [0.15, 0.2) is 60.7 Å². The number of fused-ring (bicyclic) bond motifs is 1. The third-order valence-corrected chi connectivity index (χ3v) is 7.15. The van der Waals surface area contributed by atoms with Gasteiger partial charge < -0.3 is 9.47 Å². The highest BCUT2D eigenvalue weighted by atomic mass is 16.5. The van der Waals surface area contributed by atoms with Gasteiger partial charge >= 0.3 is 11.9 Å². The Labute approximate surface area is 159 Å². The molecule has 27 heavy (non-hydrogen) atoms. The van der Waals surface area contributed by atoms with Crippen molar-refractivity contribution in [2.24, 2.45) is 16.7 Å². The minimum atomic E-state index is -0.927. The first-order chi connectivity index (χ1) is 12.9. The van der Waals surface area contributed by atoms with Crippen molar-refractivity contribution in [1.29, 1.82) is 0 Å². The Morgan fingerprint density at radius 3 is 1.93 bits per heavy atom. The fraction of sp³-hybridized carbons (Fsp3) is 0.391. The van der Waals surface area contributed by atoms with E-state index in [1.165, 1.54) is 14.2 Å². The molecule has 4 rings (SSSR count). The van der Waals surface area contributed by atoms with Crippen molar-refractivity contribution in [2.45, 2.75) is 25.2 Å². The van der Waals surface area contributed by atoms with Gasteiger partial charge in [0.2, 0.25) is 0 Å². The van der Waals surface area contributed by atoms with Crippen molar-refractivity contribution in [3.05, 3.63) is 71.8 Å². The summed E-state index contributed by atoms with van der Waals surface area (Å²) in [5, 5.41) is 0. The summed E-state index contributed by atoms with van der Waals surface area (Å²) in [5.41, 5.74) is 0.225. The minimum Gasteiger partial charge on any atom is -0.469 e. The van der Waals surface area contributed by atoms with Crippen molar-refractivity contribution in [1.82, 2.24) is 0 Å². The molecule has 2 aliphatic carbocycles. The Kier molecular flexibility index (Phi) is 3.74. The van der Waals surface area contributed by atoms with Gasteiger partial charge in [-0.3, -0.25) is 9.59 Å². The quantitative estimate of drug-likeness (QED) is 0.776. The highest BCUT2D eigenvalue weighted by Crippen LogP contribution is 2.95. The van der Waals surface area contributed by atoms with Crippen LogP contribution in [0, 0.1) is 16.7 Å². The lowest BCUT2D eigenvalue weighted by Crippen LogP contribution is -2.55. The molecule has 0 bridgehead atoms. The van der Waals surface area contributed by atoms with Gasteiger partial charge in [-0.2, -0.15) is 0 Å². The molecular weight excluding hydrogens is 340 g/mol. The maximum atomic E-state index is 13.1. The Bertz CT molecular complexity index is 889. The second kappa shape index (κ2) is 5.69. The summed E-state index contributed by atoms with van der Waals surface area (Å²) in [6, 6.07) is 20.0. The molecule has 2 fully saturated rings. The Morgan fingerprint density at radius 1 is 0.852 bits per heavy atom. The predicted molar refractivity (Wildman–Crippen MR) is 101 cm³/mol. The van der Waals surface area contributed by atoms with E-state index in [4.69, 9.17) is 9.47 Å². The van der Waals surface area contributed by atoms with Gasteiger partial charge in [-0.25, -0.2) is 0 Å². The van der Waals surface area contributed by atoms with Crippen LogP contribution in [-0.4, -0.2) is 26.2 Å². The van der Waals surface area contributed by atoms with Gasteiger partial charge in [-0.05, 0) is 16.5 Å². The van der Waals surface area contributed by atoms with Gasteiger partial charge in [0.05, 0.1) is 25.6 Å². The Balaban J connectivity index is 2.00. The van der Waals surface area contributed by atoms with Crippen molar-refractivity contribution in [2.75, 3.05) is 14.2 Å². The number of esters is 2. The van der Waals surface area contributed by atoms with Crippen LogP contribution in [0.5, 0.6) is 0 Å². The van der Waals surface area contributed by atoms with Gasteiger partial charge in [-0.15, -0.1) is 0 Å². The second-order valence-corrected chi connectivity index (χ2v) is 7.99. The maximum absolute atomic E-state index is 13.1. The van der Waals surface area contributed by atoms with Crippen LogP contribution in [-0.2, 0) is 24.5 Å². The van der Waals surface area contributed by atoms with E-state index in [1.54, 1.807) is 0 Å². The smallest absolute Gasteiger partial charge is 0.314 e. The zero-order valence-electron chi connectivity index (χ0n) is 16.1. The number of rotatable bonds is 4. The summed E-state index contributed by atoms with van der Waals surface area (Å²) < 4.78 is 10.4. The van der Waals surface area contributed by atoms with Crippen molar-refractivity contribution < 1.29 is 19.1 Å². The predicted octanol–water partition coefficient (Wildman–Crippen LogP) is 3.71. The lowest BCUT2D eigenvalue weighted by molar-refractivity contribution is -0.170. The third-order valence-electron chi connectivity index (χ3n) is 7.15. The average Bonchev–Trinajstić information content (AvgIpc) is 3.06. The number of hydrogen-bond donors (Lipinski definition) is 0. The van der Waals surface area contributed by atoms with E-state index in [-0.39, 0.29) is 17.9 Å². The summed E-state index contributed by atoms with van der Waals surface area (Å²) in [4.78, 5) is 26.0. The number of ether oxygens (including phenoxy) is 2. The molecule has 0 spiro atoms. The normalized spacial score (nSPS) is 32.6. The van der Waals surface area contributed by atoms with Gasteiger partial charge in [0.25, 0.3) is 0 Å². The van der Waals surface area contributed by atoms with Crippen LogP contribution in [0.4, 0.5) is 0 Å². The fourth-order valence-corrected chi connectivity index (χ4v) is 6.33. The van der Waals surface area contributed by atoms with Crippen LogP contribution >= 0.6 is 0 Å². The first-order valence-electron chi connectivity index (χ1n) is 9.19. The molecule has 2 aromatic carbocycles. The number of benzene rings is 2. The average molecular weight is 364 g/mol. The van der Waals surface area contributed by atoms with Gasteiger partial charge in [-0.1, -0.05) is 74.5 Å². The van der Waals surface area contributed by atoms with Crippen molar-refractivity contribution in [3.8, 4) is 0 Å². The zero-order chi connectivity index (χ0) is 19.4. The minimum absolute atomic E-state index is 0.150. The molecule has 0 N–H and O–H groups in total. The number of methoxy groups -OCH3 is 2. The van der Waals surface area contributed by atoms with Gasteiger partial charge in [0, 0.05) is 11.3 Å². The second-order valence-electron chi connectivity index (χ2n) is 7.99. The summed E-state index contributed by atoms with van der Waals surface area (Å²) in [5.74, 6) is -1.42. The van der Waals surface area contributed by atoms with Crippen LogP contribution in [0.1, 0.15) is 30.9 Å². The number of hydrogen-bond acceptors (Lipinski definition) is 4. The molecule has 0 heterocycles. The van der Waals surface area contributed by atoms with Gasteiger partial charge in [0.15, 0.2) is 0 Å². The van der Waals surface area contributed by atoms with Crippen LogP contribution in [0.3, 0.4) is 0 Å². The third kappa shape index (κ3) is 1.74. The molecule has 2 aromatic rings. The van der Waals surface area contributed by atoms with Crippen molar-refractivity contribution >= 4 is 11.9 Å². The van der Waals surface area contributed by atoms with Crippen LogP contribution in [0.25, 0.3) is 0 Å². The summed E-state index contributed by atoms with van der Waals surface area (Å²) in [7, 11) is 2.78. The molecule has 0 unspecified atom stereocenters. The largest absolute Gasteiger partial charge is 0.469 e. The number of carbonyl (C=O) groups is 2. The molecule has 4 heteroatoms. The molecule has 140 valence electrons. The Morgan fingerprint density at radius 2 is 1.41 bits per heavy atom. The highest BCUT2D eigenvalue weighted by molar-refractivity contribution is 5.99. The summed E-state index contributed by atoms with van der Waals surface area (Å²) >= 11 is 0. The summed E-state index contributed by atoms with van der Waals surface area (Å²) in [6.07, 6.45) is 0. The van der Waals surface area contributed by atoms with Crippen LogP contribution in [0.2, 0.25) is 0 Å². The van der Waals surface area contributed by atoms with E-state index in [0.29, 0.717) is 0 Å². The fourth-order valence-electron chi connectivity index (χ4n) is 6.33. The monoisotopic (exact) mass is 364 g/mol. The van der Waals surface area contributed by atoms with E-state index in [9.17, 15) is 9.59 Å². The summed E-state index contributed by atoms with van der Waals surface area (Å²) in [6.45, 7) is 4.13. The lowest BCUT2D eigenvalue weighted by atomic mass is 9.52. The van der Waals surface area contributed by atoms with E-state index < -0.39 is 22.2 Å². The van der Waals surface area contributed by atoms with E-state index in [2.05, 4.69) is 26.0 Å². The maximum Gasteiger partial charge on any atom is 0.314 e. The molecule has 0 aromatic heterocycles. The zero-order valence-corrected chi connectivity index (χ0v) is 16.1. The molecule has 4 atom stereocenters. The van der Waals surface area contributed by atoms with E-state index in [1.807, 2.05) is 48.5 Å². The molecule has 0 saturated heterocycles. The van der Waals surface area contributed by atoms with Gasteiger partial charge in [0.1, 0.15) is 0 Å². The Hall–Kier alpha value is -2.62. The molecular formula is C23H24O4. The number of carbonyl (C=O) groups excluding carboxylic acids is 2. The molecule has 0 amide bonds. The van der Waals surface area contributed by atoms with Crippen molar-refractivity contribution in [3.63, 3.8) is 0 Å². The van der Waals surface area contributed by atoms with E-state index >= 15 is 0 Å². The highest BCUT2D eigenvalue weighted by Gasteiger charge is 3.00. The molecule has 2 saturated carbocycles. The molecule has 2 aliphatic rings. The lowest BCUT2D eigenvalue weighted by Gasteiger charge is -2.48. The molecule has 0 aliphatic heterocycles. The topological polar surface area (TPSA) is 52.6 Å². The standard InChI is InChI=1S/C23H24O4/c1-21(2)22(16-13-9-6-10-14-16)17(15-11-7-5-8-12-15)18(19(24)26-3)23(21,22)20(25)27-4/h5-14,17-18H,1-4H3/t17-,18-,22-,23-/m0/s1.